The fraction of sp³-hybridized carbons (Fsp3) is 0.971. The molecule has 1 heterocycles. The van der Waals surface area contributed by atoms with Crippen LogP contribution in [0.2, 0.25) is 0 Å². The zero-order chi connectivity index (χ0) is 33.1. The summed E-state index contributed by atoms with van der Waals surface area (Å²) >= 11 is 0. The molecular formula is C35H69NO9. The molecule has 0 atom stereocenters. The maximum absolute atomic E-state index is 12.1. The van der Waals surface area contributed by atoms with Crippen LogP contribution >= 0.6 is 0 Å². The van der Waals surface area contributed by atoms with Crippen molar-refractivity contribution in [3.05, 3.63) is 0 Å². The lowest BCUT2D eigenvalue weighted by atomic mass is 9.85. The third kappa shape index (κ3) is 28.1. The number of hydrogen-bond acceptors (Lipinski definition) is 10. The van der Waals surface area contributed by atoms with Gasteiger partial charge in [-0.05, 0) is 56.5 Å². The van der Waals surface area contributed by atoms with Crippen LogP contribution in [0.15, 0.2) is 0 Å². The summed E-state index contributed by atoms with van der Waals surface area (Å²) in [7, 11) is 0. The average molecular weight is 648 g/mol. The molecule has 10 heteroatoms. The van der Waals surface area contributed by atoms with E-state index in [2.05, 4.69) is 25.7 Å². The Morgan fingerprint density at radius 2 is 0.911 bits per heavy atom. The highest BCUT2D eigenvalue weighted by atomic mass is 16.6. The maximum Gasteiger partial charge on any atom is 0.138 e. The predicted molar refractivity (Wildman–Crippen MR) is 178 cm³/mol. The molecule has 0 N–H and O–H groups in total. The third-order valence-electron chi connectivity index (χ3n) is 7.71. The van der Waals surface area contributed by atoms with Crippen LogP contribution in [0.3, 0.4) is 0 Å². The molecule has 0 unspecified atom stereocenters. The van der Waals surface area contributed by atoms with Gasteiger partial charge in [-0.25, -0.2) is 0 Å². The van der Waals surface area contributed by atoms with Gasteiger partial charge in [0.25, 0.3) is 0 Å². The van der Waals surface area contributed by atoms with E-state index in [0.29, 0.717) is 104 Å². The van der Waals surface area contributed by atoms with Crippen molar-refractivity contribution in [2.75, 3.05) is 125 Å². The molecule has 0 aromatic rings. The molecule has 1 saturated heterocycles. The Morgan fingerprint density at radius 1 is 0.556 bits per heavy atom. The molecule has 0 bridgehead atoms. The molecule has 1 rings (SSSR count). The molecule has 0 aromatic heterocycles. The first kappa shape index (κ1) is 42.3. The number of Topliss-reactive ketones (excluding diaryl/α,β-unsaturated/α-hetero) is 1. The summed E-state index contributed by atoms with van der Waals surface area (Å²) in [5.74, 6) is 1.15. The first-order valence-corrected chi connectivity index (χ1v) is 17.5. The lowest BCUT2D eigenvalue weighted by molar-refractivity contribution is -0.126. The van der Waals surface area contributed by atoms with Crippen molar-refractivity contribution in [2.45, 2.75) is 80.1 Å². The van der Waals surface area contributed by atoms with Crippen LogP contribution in [0.25, 0.3) is 0 Å². The van der Waals surface area contributed by atoms with Gasteiger partial charge in [0.05, 0.1) is 99.1 Å². The summed E-state index contributed by atoms with van der Waals surface area (Å²) in [6, 6.07) is 0. The fourth-order valence-electron chi connectivity index (χ4n) is 4.64. The molecule has 45 heavy (non-hydrogen) atoms. The van der Waals surface area contributed by atoms with E-state index in [1.807, 2.05) is 20.8 Å². The van der Waals surface area contributed by atoms with Crippen molar-refractivity contribution in [3.63, 3.8) is 0 Å². The minimum atomic E-state index is -0.203. The second kappa shape index (κ2) is 27.3. The molecule has 268 valence electrons. The molecule has 1 fully saturated rings. The van der Waals surface area contributed by atoms with Gasteiger partial charge in [-0.3, -0.25) is 4.79 Å². The summed E-state index contributed by atoms with van der Waals surface area (Å²) in [4.78, 5) is 14.6. The topological polar surface area (TPSA) is 94.2 Å². The second-order valence-corrected chi connectivity index (χ2v) is 14.1. The number of carbonyl (C=O) groups is 1. The number of rotatable bonds is 30. The lowest BCUT2D eigenvalue weighted by Crippen LogP contribution is -2.36. The number of likely N-dealkylation sites (tertiary alicyclic amines) is 1. The van der Waals surface area contributed by atoms with Crippen LogP contribution in [0.4, 0.5) is 0 Å². The fourth-order valence-corrected chi connectivity index (χ4v) is 4.64. The molecule has 1 aliphatic heterocycles. The quantitative estimate of drug-likeness (QED) is 0.0986. The molecule has 0 aromatic carbocycles. The van der Waals surface area contributed by atoms with Gasteiger partial charge in [0.15, 0.2) is 0 Å². The van der Waals surface area contributed by atoms with Crippen LogP contribution in [-0.4, -0.2) is 136 Å². The van der Waals surface area contributed by atoms with Crippen LogP contribution in [0, 0.1) is 16.7 Å². The summed E-state index contributed by atoms with van der Waals surface area (Å²) in [6.45, 7) is 25.3. The van der Waals surface area contributed by atoms with Gasteiger partial charge < -0.3 is 42.8 Å². The monoisotopic (exact) mass is 647 g/mol. The molecule has 0 saturated carbocycles. The smallest absolute Gasteiger partial charge is 0.138 e. The number of nitrogens with zero attached hydrogens (tertiary/aromatic N) is 1. The van der Waals surface area contributed by atoms with E-state index >= 15 is 0 Å². The Morgan fingerprint density at radius 3 is 1.27 bits per heavy atom. The Labute approximate surface area is 275 Å². The Kier molecular flexibility index (Phi) is 25.7. The lowest BCUT2D eigenvalue weighted by Gasteiger charge is -2.32. The minimum absolute atomic E-state index is 0.203. The van der Waals surface area contributed by atoms with E-state index in [4.69, 9.17) is 37.9 Å². The van der Waals surface area contributed by atoms with E-state index in [1.54, 1.807) is 0 Å². The first-order chi connectivity index (χ1) is 21.6. The highest BCUT2D eigenvalue weighted by Gasteiger charge is 2.22. The van der Waals surface area contributed by atoms with E-state index in [9.17, 15) is 4.79 Å². The normalized spacial score (nSPS) is 15.2. The van der Waals surface area contributed by atoms with E-state index in [0.717, 1.165) is 58.0 Å². The van der Waals surface area contributed by atoms with Crippen molar-refractivity contribution in [1.29, 1.82) is 0 Å². The average Bonchev–Trinajstić information content (AvgIpc) is 2.98. The van der Waals surface area contributed by atoms with Gasteiger partial charge in [0.2, 0.25) is 0 Å². The van der Waals surface area contributed by atoms with Crippen molar-refractivity contribution < 1.29 is 42.7 Å². The Hall–Kier alpha value is -0.690. The number of carbonyl (C=O) groups excluding carboxylic acids is 1. The van der Waals surface area contributed by atoms with E-state index in [1.165, 1.54) is 19.3 Å². The van der Waals surface area contributed by atoms with E-state index in [-0.39, 0.29) is 5.41 Å². The van der Waals surface area contributed by atoms with Gasteiger partial charge in [-0.2, -0.15) is 0 Å². The molecule has 1 aliphatic rings. The zero-order valence-corrected chi connectivity index (χ0v) is 29.9. The molecule has 0 aliphatic carbocycles. The number of hydrogen-bond donors (Lipinski definition) is 0. The van der Waals surface area contributed by atoms with Crippen LogP contribution < -0.4 is 0 Å². The largest absolute Gasteiger partial charge is 0.379 e. The van der Waals surface area contributed by atoms with Gasteiger partial charge in [0.1, 0.15) is 5.78 Å². The first-order valence-electron chi connectivity index (χ1n) is 17.5. The predicted octanol–water partition coefficient (Wildman–Crippen LogP) is 5.05. The van der Waals surface area contributed by atoms with Crippen LogP contribution in [-0.2, 0) is 42.7 Å². The van der Waals surface area contributed by atoms with Crippen molar-refractivity contribution in [2.24, 2.45) is 16.7 Å². The third-order valence-corrected chi connectivity index (χ3v) is 7.71. The van der Waals surface area contributed by atoms with Gasteiger partial charge in [0, 0.05) is 25.0 Å². The molecule has 0 spiro atoms. The summed E-state index contributed by atoms with van der Waals surface area (Å²) < 4.78 is 44.4. The highest BCUT2D eigenvalue weighted by molar-refractivity contribution is 5.83. The van der Waals surface area contributed by atoms with Gasteiger partial charge in [-0.1, -0.05) is 41.5 Å². The number of ether oxygens (including phenoxy) is 8. The Balaban J connectivity index is 1.71. The molecule has 0 radical (unpaired) electrons. The number of piperidine rings is 1. The highest BCUT2D eigenvalue weighted by Crippen LogP contribution is 2.25. The van der Waals surface area contributed by atoms with Crippen molar-refractivity contribution in [1.82, 2.24) is 4.90 Å². The second-order valence-electron chi connectivity index (χ2n) is 14.1. The van der Waals surface area contributed by atoms with Crippen molar-refractivity contribution in [3.8, 4) is 0 Å². The summed E-state index contributed by atoms with van der Waals surface area (Å²) in [6.07, 6.45) is 6.44. The van der Waals surface area contributed by atoms with Crippen LogP contribution in [0.1, 0.15) is 80.1 Å². The van der Waals surface area contributed by atoms with Crippen molar-refractivity contribution >= 4 is 5.78 Å². The molecule has 0 amide bonds. The molecular weight excluding hydrogens is 578 g/mol. The zero-order valence-electron chi connectivity index (χ0n) is 29.9. The van der Waals surface area contributed by atoms with E-state index < -0.39 is 0 Å². The SMILES string of the molecule is CC(C)(C)CCOCCOCCOCCOCCOCCOCCOCCOCCN1CCC(CCCC(=O)C(C)(C)C)CC1. The summed E-state index contributed by atoms with van der Waals surface area (Å²) in [5, 5.41) is 0. The van der Waals surface area contributed by atoms with Gasteiger partial charge >= 0.3 is 0 Å². The Bertz CT molecular complexity index is 673. The molecule has 10 nitrogen and oxygen atoms in total. The number of ketones is 1. The minimum Gasteiger partial charge on any atom is -0.379 e. The summed E-state index contributed by atoms with van der Waals surface area (Å²) in [5.41, 5.74) is 0.105. The maximum atomic E-state index is 12.1. The standard InChI is InChI=1S/C35H69NO9/c1-34(2,3)12-16-38-18-20-40-22-24-42-26-28-44-30-31-45-29-27-43-25-23-41-21-19-39-17-15-36-13-10-32(11-14-36)8-7-9-33(37)35(4,5)6/h32H,7-31H2,1-6H3. The van der Waals surface area contributed by atoms with Gasteiger partial charge in [-0.15, -0.1) is 0 Å². The van der Waals surface area contributed by atoms with Crippen LogP contribution in [0.5, 0.6) is 0 Å².